The molecule has 0 saturated heterocycles. The first kappa shape index (κ1) is 12.5. The molecule has 0 aliphatic heterocycles. The predicted octanol–water partition coefficient (Wildman–Crippen LogP) is 2.51. The van der Waals surface area contributed by atoms with Crippen molar-refractivity contribution in [1.29, 1.82) is 0 Å². The number of hydrogen-bond acceptors (Lipinski definition) is 4. The minimum atomic E-state index is -4.39. The summed E-state index contributed by atoms with van der Waals surface area (Å²) in [5.74, 6) is 0.806. The molecule has 1 aromatic carbocycles. The SMILES string of the molecule is Cc1nnc2nc(-c3cccc(C(F)(F)F)c3)cnn12. The van der Waals surface area contributed by atoms with E-state index in [-0.39, 0.29) is 5.78 Å². The van der Waals surface area contributed by atoms with E-state index >= 15 is 0 Å². The number of fused-ring (bicyclic) bond motifs is 1. The first-order valence-electron chi connectivity index (χ1n) is 5.68. The van der Waals surface area contributed by atoms with Gasteiger partial charge in [-0.1, -0.05) is 12.1 Å². The van der Waals surface area contributed by atoms with Crippen LogP contribution in [0.2, 0.25) is 0 Å². The average Bonchev–Trinajstić information content (AvgIpc) is 2.79. The number of alkyl halides is 3. The summed E-state index contributed by atoms with van der Waals surface area (Å²) in [6, 6.07) is 4.92. The molecule has 0 N–H and O–H groups in total. The zero-order valence-electron chi connectivity index (χ0n) is 10.3. The third-order valence-electron chi connectivity index (χ3n) is 2.78. The Kier molecular flexibility index (Phi) is 2.66. The second-order valence-electron chi connectivity index (χ2n) is 4.18. The maximum Gasteiger partial charge on any atom is 0.416 e. The fourth-order valence-electron chi connectivity index (χ4n) is 1.79. The van der Waals surface area contributed by atoms with Crippen molar-refractivity contribution in [2.75, 3.05) is 0 Å². The Balaban J connectivity index is 2.11. The summed E-state index contributed by atoms with van der Waals surface area (Å²) in [5, 5.41) is 11.6. The molecule has 0 radical (unpaired) electrons. The smallest absolute Gasteiger partial charge is 0.208 e. The topological polar surface area (TPSA) is 56.0 Å². The molecule has 3 rings (SSSR count). The minimum Gasteiger partial charge on any atom is -0.208 e. The Morgan fingerprint density at radius 3 is 2.70 bits per heavy atom. The Morgan fingerprint density at radius 1 is 1.15 bits per heavy atom. The van der Waals surface area contributed by atoms with Gasteiger partial charge in [0.2, 0.25) is 0 Å². The highest BCUT2D eigenvalue weighted by molar-refractivity contribution is 5.60. The molecule has 0 amide bonds. The van der Waals surface area contributed by atoms with Crippen LogP contribution in [0, 0.1) is 6.92 Å². The van der Waals surface area contributed by atoms with Crippen LogP contribution in [0.1, 0.15) is 11.4 Å². The minimum absolute atomic E-state index is 0.248. The largest absolute Gasteiger partial charge is 0.416 e. The van der Waals surface area contributed by atoms with Gasteiger partial charge < -0.3 is 0 Å². The van der Waals surface area contributed by atoms with E-state index in [0.717, 1.165) is 12.1 Å². The fourth-order valence-corrected chi connectivity index (χ4v) is 1.79. The van der Waals surface area contributed by atoms with Gasteiger partial charge in [-0.15, -0.1) is 10.2 Å². The van der Waals surface area contributed by atoms with Crippen molar-refractivity contribution in [3.63, 3.8) is 0 Å². The molecule has 0 saturated carbocycles. The van der Waals surface area contributed by atoms with E-state index in [4.69, 9.17) is 0 Å². The normalized spacial score (nSPS) is 12.0. The van der Waals surface area contributed by atoms with Gasteiger partial charge in [-0.05, 0) is 19.1 Å². The molecular formula is C12H8F3N5. The lowest BCUT2D eigenvalue weighted by Crippen LogP contribution is -2.05. The van der Waals surface area contributed by atoms with E-state index in [1.807, 2.05) is 0 Å². The lowest BCUT2D eigenvalue weighted by molar-refractivity contribution is -0.137. The van der Waals surface area contributed by atoms with Gasteiger partial charge in [0, 0.05) is 5.56 Å². The van der Waals surface area contributed by atoms with E-state index in [2.05, 4.69) is 20.3 Å². The van der Waals surface area contributed by atoms with Crippen LogP contribution >= 0.6 is 0 Å². The van der Waals surface area contributed by atoms with Gasteiger partial charge in [0.25, 0.3) is 5.78 Å². The van der Waals surface area contributed by atoms with Gasteiger partial charge in [0.1, 0.15) is 0 Å². The summed E-state index contributed by atoms with van der Waals surface area (Å²) in [4.78, 5) is 4.15. The van der Waals surface area contributed by atoms with Crippen molar-refractivity contribution in [3.8, 4) is 11.3 Å². The van der Waals surface area contributed by atoms with Crippen LogP contribution in [0.4, 0.5) is 13.2 Å². The van der Waals surface area contributed by atoms with Crippen molar-refractivity contribution < 1.29 is 13.2 Å². The number of aryl methyl sites for hydroxylation is 1. The number of hydrogen-bond donors (Lipinski definition) is 0. The van der Waals surface area contributed by atoms with E-state index in [0.29, 0.717) is 17.1 Å². The van der Waals surface area contributed by atoms with Crippen molar-refractivity contribution >= 4 is 5.78 Å². The lowest BCUT2D eigenvalue weighted by Gasteiger charge is -2.08. The number of nitrogens with zero attached hydrogens (tertiary/aromatic N) is 5. The van der Waals surface area contributed by atoms with E-state index in [1.165, 1.54) is 16.8 Å². The van der Waals surface area contributed by atoms with Gasteiger partial charge in [-0.3, -0.25) is 0 Å². The molecule has 20 heavy (non-hydrogen) atoms. The van der Waals surface area contributed by atoms with Crippen LogP contribution in [0.3, 0.4) is 0 Å². The molecule has 0 bridgehead atoms. The first-order chi connectivity index (χ1) is 9.45. The maximum absolute atomic E-state index is 12.7. The first-order valence-corrected chi connectivity index (χ1v) is 5.68. The lowest BCUT2D eigenvalue weighted by atomic mass is 10.1. The number of benzene rings is 1. The Morgan fingerprint density at radius 2 is 1.95 bits per heavy atom. The predicted molar refractivity (Wildman–Crippen MR) is 63.8 cm³/mol. The van der Waals surface area contributed by atoms with Crippen LogP contribution in [0.5, 0.6) is 0 Å². The molecule has 2 heterocycles. The molecule has 0 atom stereocenters. The highest BCUT2D eigenvalue weighted by atomic mass is 19.4. The fraction of sp³-hybridized carbons (Fsp3) is 0.167. The molecule has 8 heteroatoms. The van der Waals surface area contributed by atoms with E-state index in [9.17, 15) is 13.2 Å². The van der Waals surface area contributed by atoms with E-state index < -0.39 is 11.7 Å². The molecule has 0 spiro atoms. The van der Waals surface area contributed by atoms with Crippen LogP contribution < -0.4 is 0 Å². The molecule has 3 aromatic rings. The number of halogens is 3. The highest BCUT2D eigenvalue weighted by Crippen LogP contribution is 2.31. The molecule has 0 aliphatic rings. The Hall–Kier alpha value is -2.51. The third kappa shape index (κ3) is 2.09. The van der Waals surface area contributed by atoms with Crippen LogP contribution in [0.15, 0.2) is 30.5 Å². The quantitative estimate of drug-likeness (QED) is 0.686. The molecule has 2 aromatic heterocycles. The van der Waals surface area contributed by atoms with Crippen LogP contribution in [-0.4, -0.2) is 24.8 Å². The summed E-state index contributed by atoms with van der Waals surface area (Å²) in [6.45, 7) is 1.71. The number of rotatable bonds is 1. The van der Waals surface area contributed by atoms with Crippen molar-refractivity contribution in [1.82, 2.24) is 24.8 Å². The molecular weight excluding hydrogens is 271 g/mol. The zero-order valence-corrected chi connectivity index (χ0v) is 10.3. The summed E-state index contributed by atoms with van der Waals surface area (Å²) in [5.41, 5.74) is -0.0826. The summed E-state index contributed by atoms with van der Waals surface area (Å²) in [7, 11) is 0. The molecule has 102 valence electrons. The van der Waals surface area contributed by atoms with Gasteiger partial charge in [0.15, 0.2) is 5.82 Å². The molecule has 5 nitrogen and oxygen atoms in total. The van der Waals surface area contributed by atoms with Crippen molar-refractivity contribution in [2.24, 2.45) is 0 Å². The van der Waals surface area contributed by atoms with Gasteiger partial charge >= 0.3 is 6.18 Å². The van der Waals surface area contributed by atoms with Gasteiger partial charge in [-0.25, -0.2) is 4.98 Å². The zero-order chi connectivity index (χ0) is 14.3. The number of aromatic nitrogens is 5. The molecule has 0 aliphatic carbocycles. The maximum atomic E-state index is 12.7. The van der Waals surface area contributed by atoms with E-state index in [1.54, 1.807) is 13.0 Å². The second kappa shape index (κ2) is 4.26. The molecule has 0 unspecified atom stereocenters. The van der Waals surface area contributed by atoms with Crippen LogP contribution in [-0.2, 0) is 6.18 Å². The third-order valence-corrected chi connectivity index (χ3v) is 2.78. The van der Waals surface area contributed by atoms with Gasteiger partial charge in [0.05, 0.1) is 17.5 Å². The Bertz CT molecular complexity index is 778. The highest BCUT2D eigenvalue weighted by Gasteiger charge is 2.30. The standard InChI is InChI=1S/C12H8F3N5/c1-7-18-19-11-17-10(6-16-20(7)11)8-3-2-4-9(5-8)12(13,14)15/h2-6H,1H3. The van der Waals surface area contributed by atoms with Crippen LogP contribution in [0.25, 0.3) is 17.0 Å². The summed E-state index contributed by atoms with van der Waals surface area (Å²) >= 11 is 0. The Labute approximate surface area is 111 Å². The second-order valence-corrected chi connectivity index (χ2v) is 4.18. The summed E-state index contributed by atoms with van der Waals surface area (Å²) < 4.78 is 39.4. The monoisotopic (exact) mass is 279 g/mol. The van der Waals surface area contributed by atoms with Crippen molar-refractivity contribution in [2.45, 2.75) is 13.1 Å². The average molecular weight is 279 g/mol. The van der Waals surface area contributed by atoms with Crippen molar-refractivity contribution in [3.05, 3.63) is 41.9 Å². The van der Waals surface area contributed by atoms with Gasteiger partial charge in [-0.2, -0.15) is 22.8 Å². The molecule has 0 fully saturated rings. The summed E-state index contributed by atoms with van der Waals surface area (Å²) in [6.07, 6.45) is -3.00.